The van der Waals surface area contributed by atoms with Gasteiger partial charge in [0, 0.05) is 18.9 Å². The van der Waals surface area contributed by atoms with Crippen molar-refractivity contribution in [2.75, 3.05) is 27.7 Å². The molecule has 0 aliphatic rings. The minimum atomic E-state index is -0.180. The highest BCUT2D eigenvalue weighted by atomic mass is 16.5. The molecule has 0 fully saturated rings. The second-order valence-corrected chi connectivity index (χ2v) is 6.56. The van der Waals surface area contributed by atoms with E-state index < -0.39 is 0 Å². The van der Waals surface area contributed by atoms with E-state index in [4.69, 9.17) is 4.74 Å². The first kappa shape index (κ1) is 17.9. The number of rotatable bonds is 6. The van der Waals surface area contributed by atoms with Crippen LogP contribution in [-0.2, 0) is 0 Å². The van der Waals surface area contributed by atoms with Gasteiger partial charge in [-0.1, -0.05) is 12.1 Å². The predicted octanol–water partition coefficient (Wildman–Crippen LogP) is 2.68. The number of amides is 1. The second-order valence-electron chi connectivity index (χ2n) is 6.56. The summed E-state index contributed by atoms with van der Waals surface area (Å²) in [5, 5.41) is 2.99. The molecule has 136 valence electrons. The summed E-state index contributed by atoms with van der Waals surface area (Å²) in [6, 6.07) is 11.9. The number of carbonyl (C=O) groups excluding carboxylic acids is 1. The fraction of sp³-hybridized carbons (Fsp3) is 0.300. The zero-order valence-corrected chi connectivity index (χ0v) is 15.6. The van der Waals surface area contributed by atoms with Crippen molar-refractivity contribution in [1.82, 2.24) is 19.6 Å². The van der Waals surface area contributed by atoms with Crippen LogP contribution in [0, 0.1) is 6.92 Å². The number of methoxy groups -OCH3 is 1. The normalized spacial score (nSPS) is 12.3. The van der Waals surface area contributed by atoms with E-state index in [2.05, 4.69) is 15.2 Å². The number of imidazole rings is 1. The number of aromatic nitrogens is 2. The van der Waals surface area contributed by atoms with Crippen LogP contribution in [0.1, 0.15) is 27.7 Å². The number of likely N-dealkylation sites (N-methyl/N-ethyl adjacent to an activating group) is 1. The van der Waals surface area contributed by atoms with Gasteiger partial charge in [0.15, 0.2) is 0 Å². The zero-order chi connectivity index (χ0) is 18.7. The summed E-state index contributed by atoms with van der Waals surface area (Å²) in [4.78, 5) is 19.0. The molecule has 1 amide bonds. The van der Waals surface area contributed by atoms with Gasteiger partial charge in [0.05, 0.1) is 13.2 Å². The summed E-state index contributed by atoms with van der Waals surface area (Å²) in [5.74, 6) is 0.623. The Labute approximate surface area is 153 Å². The van der Waals surface area contributed by atoms with E-state index in [1.54, 1.807) is 13.3 Å². The molecule has 0 aliphatic heterocycles. The fourth-order valence-corrected chi connectivity index (χ4v) is 2.92. The quantitative estimate of drug-likeness (QED) is 0.741. The third-order valence-electron chi connectivity index (χ3n) is 4.41. The van der Waals surface area contributed by atoms with Crippen LogP contribution in [0.3, 0.4) is 0 Å². The molecule has 6 nitrogen and oxygen atoms in total. The minimum Gasteiger partial charge on any atom is -0.497 e. The first-order chi connectivity index (χ1) is 12.5. The molecule has 3 rings (SSSR count). The van der Waals surface area contributed by atoms with E-state index in [0.717, 1.165) is 22.5 Å². The van der Waals surface area contributed by atoms with Crippen LogP contribution in [0.5, 0.6) is 5.75 Å². The maximum atomic E-state index is 12.6. The summed E-state index contributed by atoms with van der Waals surface area (Å²) in [6.07, 6.45) is 3.66. The Hall–Kier alpha value is -2.86. The van der Waals surface area contributed by atoms with Crippen LogP contribution < -0.4 is 10.1 Å². The van der Waals surface area contributed by atoms with Gasteiger partial charge in [0.1, 0.15) is 17.1 Å². The number of fused-ring (bicyclic) bond motifs is 1. The number of hydrogen-bond donors (Lipinski definition) is 1. The lowest BCUT2D eigenvalue weighted by molar-refractivity contribution is 0.0937. The first-order valence-electron chi connectivity index (χ1n) is 8.52. The first-order valence-corrected chi connectivity index (χ1v) is 8.52. The van der Waals surface area contributed by atoms with Crippen molar-refractivity contribution in [3.8, 4) is 5.75 Å². The number of aryl methyl sites for hydroxylation is 1. The Morgan fingerprint density at radius 3 is 2.85 bits per heavy atom. The topological polar surface area (TPSA) is 58.9 Å². The van der Waals surface area contributed by atoms with Crippen molar-refractivity contribution in [3.05, 3.63) is 65.6 Å². The van der Waals surface area contributed by atoms with Crippen LogP contribution in [0.2, 0.25) is 0 Å². The van der Waals surface area contributed by atoms with Crippen LogP contribution in [-0.4, -0.2) is 47.9 Å². The fourth-order valence-electron chi connectivity index (χ4n) is 2.92. The van der Waals surface area contributed by atoms with E-state index in [0.29, 0.717) is 12.2 Å². The molecular weight excluding hydrogens is 328 g/mol. The summed E-state index contributed by atoms with van der Waals surface area (Å²) < 4.78 is 7.16. The average Bonchev–Trinajstić information content (AvgIpc) is 3.05. The van der Waals surface area contributed by atoms with E-state index in [1.807, 2.05) is 68.0 Å². The Morgan fingerprint density at radius 1 is 1.31 bits per heavy atom. The summed E-state index contributed by atoms with van der Waals surface area (Å²) in [6.45, 7) is 2.48. The molecular formula is C20H24N4O2. The SMILES string of the molecule is COc1cccc([C@@H](CNC(=O)c2cn3ccc(C)cc3n2)N(C)C)c1. The van der Waals surface area contributed by atoms with Gasteiger partial charge in [-0.2, -0.15) is 0 Å². The molecule has 6 heteroatoms. The highest BCUT2D eigenvalue weighted by Gasteiger charge is 2.18. The molecule has 0 saturated heterocycles. The third-order valence-corrected chi connectivity index (χ3v) is 4.41. The largest absolute Gasteiger partial charge is 0.497 e. The summed E-state index contributed by atoms with van der Waals surface area (Å²) in [7, 11) is 5.63. The molecule has 2 heterocycles. The van der Waals surface area contributed by atoms with Crippen LogP contribution in [0.15, 0.2) is 48.8 Å². The molecule has 0 saturated carbocycles. The number of nitrogens with zero attached hydrogens (tertiary/aromatic N) is 3. The van der Waals surface area contributed by atoms with Crippen LogP contribution in [0.4, 0.5) is 0 Å². The Kier molecular flexibility index (Phi) is 5.23. The lowest BCUT2D eigenvalue weighted by Gasteiger charge is -2.25. The Morgan fingerprint density at radius 2 is 2.12 bits per heavy atom. The van der Waals surface area contributed by atoms with Gasteiger partial charge in [-0.3, -0.25) is 4.79 Å². The van der Waals surface area contributed by atoms with Crippen molar-refractivity contribution < 1.29 is 9.53 Å². The van der Waals surface area contributed by atoms with Gasteiger partial charge in [-0.25, -0.2) is 4.98 Å². The molecule has 0 radical (unpaired) electrons. The van der Waals surface area contributed by atoms with Crippen LogP contribution >= 0.6 is 0 Å². The molecule has 1 atom stereocenters. The highest BCUT2D eigenvalue weighted by Crippen LogP contribution is 2.22. The van der Waals surface area contributed by atoms with Crippen molar-refractivity contribution >= 4 is 11.6 Å². The lowest BCUT2D eigenvalue weighted by atomic mass is 10.1. The minimum absolute atomic E-state index is 0.0355. The van der Waals surface area contributed by atoms with Gasteiger partial charge in [0.2, 0.25) is 0 Å². The van der Waals surface area contributed by atoms with Crippen LogP contribution in [0.25, 0.3) is 5.65 Å². The van der Waals surface area contributed by atoms with E-state index in [-0.39, 0.29) is 11.9 Å². The Balaban J connectivity index is 1.74. The van der Waals surface area contributed by atoms with Crippen molar-refractivity contribution in [2.45, 2.75) is 13.0 Å². The highest BCUT2D eigenvalue weighted by molar-refractivity contribution is 5.92. The molecule has 0 unspecified atom stereocenters. The molecule has 3 aromatic rings. The predicted molar refractivity (Wildman–Crippen MR) is 102 cm³/mol. The van der Waals surface area contributed by atoms with Gasteiger partial charge in [-0.15, -0.1) is 0 Å². The van der Waals surface area contributed by atoms with Crippen molar-refractivity contribution in [3.63, 3.8) is 0 Å². The van der Waals surface area contributed by atoms with E-state index >= 15 is 0 Å². The molecule has 26 heavy (non-hydrogen) atoms. The monoisotopic (exact) mass is 352 g/mol. The summed E-state index contributed by atoms with van der Waals surface area (Å²) >= 11 is 0. The van der Waals surface area contributed by atoms with Gasteiger partial charge in [-0.05, 0) is 56.4 Å². The number of benzene rings is 1. The number of carbonyl (C=O) groups is 1. The van der Waals surface area contributed by atoms with E-state index in [1.165, 1.54) is 0 Å². The third kappa shape index (κ3) is 3.86. The maximum Gasteiger partial charge on any atom is 0.271 e. The van der Waals surface area contributed by atoms with Gasteiger partial charge in [0.25, 0.3) is 5.91 Å². The maximum absolute atomic E-state index is 12.6. The molecule has 2 aromatic heterocycles. The summed E-state index contributed by atoms with van der Waals surface area (Å²) in [5.41, 5.74) is 3.38. The molecule has 0 spiro atoms. The van der Waals surface area contributed by atoms with Gasteiger partial charge >= 0.3 is 0 Å². The second kappa shape index (κ2) is 7.58. The van der Waals surface area contributed by atoms with E-state index in [9.17, 15) is 4.79 Å². The molecule has 1 aromatic carbocycles. The average molecular weight is 352 g/mol. The molecule has 0 aliphatic carbocycles. The standard InChI is InChI=1S/C20H24N4O2/c1-14-8-9-24-13-17(22-19(24)10-14)20(25)21-12-18(23(2)3)15-6-5-7-16(11-15)26-4/h5-11,13,18H,12H2,1-4H3,(H,21,25)/t18-/m1/s1. The van der Waals surface area contributed by atoms with Crippen molar-refractivity contribution in [2.24, 2.45) is 0 Å². The number of hydrogen-bond acceptors (Lipinski definition) is 4. The van der Waals surface area contributed by atoms with Crippen molar-refractivity contribution in [1.29, 1.82) is 0 Å². The Bertz CT molecular complexity index is 917. The number of nitrogens with one attached hydrogen (secondary N) is 1. The zero-order valence-electron chi connectivity index (χ0n) is 15.6. The molecule has 0 bridgehead atoms. The number of pyridine rings is 1. The molecule has 1 N–H and O–H groups in total. The smallest absolute Gasteiger partial charge is 0.271 e. The lowest BCUT2D eigenvalue weighted by Crippen LogP contribution is -2.34. The van der Waals surface area contributed by atoms with Gasteiger partial charge < -0.3 is 19.4 Å². The number of ether oxygens (including phenoxy) is 1.